The summed E-state index contributed by atoms with van der Waals surface area (Å²) in [5, 5.41) is -0.439. The maximum Gasteiger partial charge on any atom is 0.365 e. The summed E-state index contributed by atoms with van der Waals surface area (Å²) in [6.45, 7) is 3.00. The molecule has 0 saturated heterocycles. The summed E-state index contributed by atoms with van der Waals surface area (Å²) in [5.74, 6) is -2.69. The minimum absolute atomic E-state index is 0.0701. The number of hydroxylamine groups is 2. The molecule has 1 aliphatic rings. The van der Waals surface area contributed by atoms with Gasteiger partial charge in [-0.2, -0.15) is 0 Å². The van der Waals surface area contributed by atoms with Crippen molar-refractivity contribution < 1.29 is 27.6 Å². The van der Waals surface area contributed by atoms with E-state index in [2.05, 4.69) is 0 Å². The summed E-state index contributed by atoms with van der Waals surface area (Å²) < 4.78 is 24.6. The summed E-state index contributed by atoms with van der Waals surface area (Å²) in [5.41, 5.74) is -0.0509. The second-order valence-corrected chi connectivity index (χ2v) is 8.98. The van der Waals surface area contributed by atoms with Crippen LogP contribution in [0.25, 0.3) is 0 Å². The van der Waals surface area contributed by atoms with Gasteiger partial charge in [0.05, 0.1) is 31.9 Å². The van der Waals surface area contributed by atoms with Gasteiger partial charge < -0.3 is 4.84 Å². The molecule has 0 saturated carbocycles. The summed E-state index contributed by atoms with van der Waals surface area (Å²) in [4.78, 5) is 41.8. The lowest BCUT2D eigenvalue weighted by Crippen LogP contribution is -2.32. The average molecular weight is 408 g/mol. The zero-order valence-corrected chi connectivity index (χ0v) is 15.9. The van der Waals surface area contributed by atoms with Crippen molar-refractivity contribution in [3.63, 3.8) is 0 Å². The molecule has 2 amide bonds. The number of carbonyl (C=O) groups is 3. The molecule has 9 heteroatoms. The van der Waals surface area contributed by atoms with Crippen LogP contribution in [0.3, 0.4) is 0 Å². The zero-order chi connectivity index (χ0) is 19.9. The Bertz CT molecular complexity index is 1040. The first-order valence-electron chi connectivity index (χ1n) is 7.88. The molecule has 3 rings (SSSR count). The Hall–Kier alpha value is -2.71. The fourth-order valence-electron chi connectivity index (χ4n) is 2.49. The lowest BCUT2D eigenvalue weighted by molar-refractivity contribution is -0.0584. The first-order chi connectivity index (χ1) is 12.6. The molecule has 0 fully saturated rings. The molecule has 0 N–H and O–H groups in total. The van der Waals surface area contributed by atoms with Crippen LogP contribution < -0.4 is 0 Å². The van der Waals surface area contributed by atoms with E-state index in [4.69, 9.17) is 16.4 Å². The molecule has 0 aromatic heterocycles. The van der Waals surface area contributed by atoms with Gasteiger partial charge in [-0.1, -0.05) is 28.8 Å². The highest BCUT2D eigenvalue weighted by atomic mass is 35.5. The van der Waals surface area contributed by atoms with Crippen molar-refractivity contribution in [1.29, 1.82) is 0 Å². The maximum atomic E-state index is 12.5. The number of nitrogens with zero attached hydrogens (tertiary/aromatic N) is 1. The monoisotopic (exact) mass is 407 g/mol. The molecule has 27 heavy (non-hydrogen) atoms. The summed E-state index contributed by atoms with van der Waals surface area (Å²) in [7, 11) is -3.66. The van der Waals surface area contributed by atoms with E-state index in [1.165, 1.54) is 38.1 Å². The van der Waals surface area contributed by atoms with Gasteiger partial charge in [0.25, 0.3) is 11.8 Å². The summed E-state index contributed by atoms with van der Waals surface area (Å²) in [6, 6.07) is 9.61. The number of rotatable bonds is 4. The Labute approximate surface area is 160 Å². The molecule has 0 atom stereocenters. The topological polar surface area (TPSA) is 97.8 Å². The van der Waals surface area contributed by atoms with Crippen LogP contribution in [0, 0.1) is 0 Å². The van der Waals surface area contributed by atoms with Gasteiger partial charge in [0, 0.05) is 0 Å². The predicted molar refractivity (Wildman–Crippen MR) is 96.1 cm³/mol. The van der Waals surface area contributed by atoms with Crippen LogP contribution in [-0.4, -0.2) is 36.5 Å². The fourth-order valence-corrected chi connectivity index (χ4v) is 3.77. The van der Waals surface area contributed by atoms with Crippen molar-refractivity contribution in [3.05, 3.63) is 64.2 Å². The Morgan fingerprint density at radius 1 is 1.04 bits per heavy atom. The largest absolute Gasteiger partial charge is 0.365 e. The van der Waals surface area contributed by atoms with E-state index in [1.54, 1.807) is 12.1 Å². The van der Waals surface area contributed by atoms with Gasteiger partial charge in [-0.25, -0.2) is 13.2 Å². The predicted octanol–water partition coefficient (Wildman–Crippen LogP) is 2.89. The van der Waals surface area contributed by atoms with E-state index >= 15 is 0 Å². The Morgan fingerprint density at radius 2 is 1.59 bits per heavy atom. The molecule has 0 radical (unpaired) electrons. The number of sulfone groups is 1. The Balaban J connectivity index is 1.92. The van der Waals surface area contributed by atoms with E-state index in [9.17, 15) is 22.8 Å². The molecular weight excluding hydrogens is 394 g/mol. The Morgan fingerprint density at radius 3 is 2.11 bits per heavy atom. The molecule has 2 aromatic carbocycles. The molecule has 1 heterocycles. The zero-order valence-electron chi connectivity index (χ0n) is 14.3. The van der Waals surface area contributed by atoms with Crippen molar-refractivity contribution in [2.45, 2.75) is 24.0 Å². The van der Waals surface area contributed by atoms with Crippen molar-refractivity contribution >= 4 is 39.2 Å². The molecule has 0 aliphatic carbocycles. The number of hydrogen-bond acceptors (Lipinski definition) is 6. The van der Waals surface area contributed by atoms with Crippen LogP contribution in [0.15, 0.2) is 47.4 Å². The van der Waals surface area contributed by atoms with Gasteiger partial charge in [0.2, 0.25) is 0 Å². The van der Waals surface area contributed by atoms with Gasteiger partial charge in [-0.15, -0.1) is 0 Å². The van der Waals surface area contributed by atoms with Crippen molar-refractivity contribution in [2.24, 2.45) is 0 Å². The number of carbonyl (C=O) groups excluding carboxylic acids is 3. The van der Waals surface area contributed by atoms with E-state index < -0.39 is 32.9 Å². The van der Waals surface area contributed by atoms with Gasteiger partial charge in [0.15, 0.2) is 9.84 Å². The lowest BCUT2D eigenvalue weighted by atomic mass is 10.1. The van der Waals surface area contributed by atoms with E-state index in [0.717, 1.165) is 6.07 Å². The highest BCUT2D eigenvalue weighted by molar-refractivity contribution is 7.92. The van der Waals surface area contributed by atoms with Crippen LogP contribution in [0.5, 0.6) is 0 Å². The number of amides is 2. The molecule has 0 spiro atoms. The van der Waals surface area contributed by atoms with Crippen molar-refractivity contribution in [1.82, 2.24) is 5.06 Å². The second kappa shape index (κ2) is 6.79. The van der Waals surface area contributed by atoms with Crippen LogP contribution in [0.2, 0.25) is 5.02 Å². The third kappa shape index (κ3) is 3.22. The van der Waals surface area contributed by atoms with E-state index in [1.807, 2.05) is 0 Å². The van der Waals surface area contributed by atoms with Gasteiger partial charge >= 0.3 is 5.97 Å². The molecule has 1 aliphatic heterocycles. The van der Waals surface area contributed by atoms with E-state index in [0.29, 0.717) is 5.06 Å². The molecule has 140 valence electrons. The minimum Gasteiger partial charge on any atom is -0.324 e. The quantitative estimate of drug-likeness (QED) is 0.723. The first-order valence-corrected chi connectivity index (χ1v) is 9.80. The number of benzene rings is 2. The second-order valence-electron chi connectivity index (χ2n) is 6.06. The first kappa shape index (κ1) is 19.1. The Kier molecular flexibility index (Phi) is 4.79. The van der Waals surface area contributed by atoms with Crippen molar-refractivity contribution in [2.75, 3.05) is 0 Å². The van der Waals surface area contributed by atoms with Crippen LogP contribution in [0.1, 0.15) is 44.9 Å². The molecular formula is C18H14ClNO6S. The van der Waals surface area contributed by atoms with E-state index in [-0.39, 0.29) is 26.6 Å². The lowest BCUT2D eigenvalue weighted by Gasteiger charge is -2.14. The number of halogens is 1. The van der Waals surface area contributed by atoms with Crippen molar-refractivity contribution in [3.8, 4) is 0 Å². The minimum atomic E-state index is -3.66. The SMILES string of the molecule is CC(C)S(=O)(=O)c1ccc(Cl)c(C(=O)ON2C(=O)c3ccccc3C2=O)c1. The highest BCUT2D eigenvalue weighted by Gasteiger charge is 2.39. The third-order valence-electron chi connectivity index (χ3n) is 4.04. The number of fused-ring (bicyclic) bond motifs is 1. The van der Waals surface area contributed by atoms with Crippen LogP contribution in [-0.2, 0) is 14.7 Å². The number of imide groups is 1. The van der Waals surface area contributed by atoms with Gasteiger partial charge in [-0.05, 0) is 44.2 Å². The fraction of sp³-hybridized carbons (Fsp3) is 0.167. The normalized spacial score (nSPS) is 13.9. The molecule has 7 nitrogen and oxygen atoms in total. The van der Waals surface area contributed by atoms with Gasteiger partial charge in [0.1, 0.15) is 0 Å². The van der Waals surface area contributed by atoms with Crippen LogP contribution in [0.4, 0.5) is 0 Å². The average Bonchev–Trinajstić information content (AvgIpc) is 2.87. The summed E-state index contributed by atoms with van der Waals surface area (Å²) >= 11 is 5.98. The molecule has 0 unspecified atom stereocenters. The highest BCUT2D eigenvalue weighted by Crippen LogP contribution is 2.27. The molecule has 2 aromatic rings. The number of hydrogen-bond donors (Lipinski definition) is 0. The van der Waals surface area contributed by atoms with Gasteiger partial charge in [-0.3, -0.25) is 9.59 Å². The third-order valence-corrected chi connectivity index (χ3v) is 6.52. The molecule has 0 bridgehead atoms. The smallest absolute Gasteiger partial charge is 0.324 e. The summed E-state index contributed by atoms with van der Waals surface area (Å²) in [6.07, 6.45) is 0. The standard InChI is InChI=1S/C18H14ClNO6S/c1-10(2)27(24,25)11-7-8-15(19)14(9-11)18(23)26-20-16(21)12-5-3-4-6-13(12)17(20)22/h3-10H,1-2H3. The maximum absolute atomic E-state index is 12.5. The van der Waals surface area contributed by atoms with Crippen LogP contribution >= 0.6 is 11.6 Å².